The number of ketones is 1. The number of allylic oxidation sites excluding steroid dienone is 1. The van der Waals surface area contributed by atoms with Crippen molar-refractivity contribution in [1.29, 1.82) is 0 Å². The van der Waals surface area contributed by atoms with Gasteiger partial charge in [-0.1, -0.05) is 40.7 Å². The Balaban J connectivity index is 1.67. The highest BCUT2D eigenvalue weighted by Crippen LogP contribution is 2.61. The highest BCUT2D eigenvalue weighted by Gasteiger charge is 2.57. The number of esters is 1. The van der Waals surface area contributed by atoms with E-state index in [-0.39, 0.29) is 28.9 Å². The first-order valence-corrected chi connectivity index (χ1v) is 16.6. The first-order chi connectivity index (χ1) is 16.7. The van der Waals surface area contributed by atoms with Crippen molar-refractivity contribution in [2.24, 2.45) is 17.3 Å². The Labute approximate surface area is 217 Å². The van der Waals surface area contributed by atoms with Gasteiger partial charge in [0.2, 0.25) is 14.1 Å². The van der Waals surface area contributed by atoms with Gasteiger partial charge in [0.15, 0.2) is 5.78 Å². The fraction of sp³-hybridized carbons (Fsp3) is 0.667. The highest BCUT2D eigenvalue weighted by atomic mass is 28.4. The Bertz CT molecular complexity index is 1100. The molecule has 0 heterocycles. The van der Waals surface area contributed by atoms with Crippen LogP contribution in [-0.2, 0) is 27.2 Å². The van der Waals surface area contributed by atoms with Gasteiger partial charge in [0.25, 0.3) is 0 Å². The maximum atomic E-state index is 13.5. The Morgan fingerprint density at radius 1 is 1.19 bits per heavy atom. The molecule has 0 aromatic heterocycles. The molecule has 2 saturated carbocycles. The predicted molar refractivity (Wildman–Crippen MR) is 145 cm³/mol. The van der Waals surface area contributed by atoms with Crippen molar-refractivity contribution in [3.05, 3.63) is 40.2 Å². The van der Waals surface area contributed by atoms with Crippen LogP contribution in [0, 0.1) is 17.3 Å². The summed E-state index contributed by atoms with van der Waals surface area (Å²) in [5.41, 5.74) is 3.84. The minimum absolute atomic E-state index is 0.0605. The molecule has 0 spiro atoms. The lowest BCUT2D eigenvalue weighted by molar-refractivity contribution is -0.142. The van der Waals surface area contributed by atoms with Gasteiger partial charge in [-0.05, 0) is 104 Å². The molecule has 5 nitrogen and oxygen atoms in total. The molecule has 2 fully saturated rings. The summed E-state index contributed by atoms with van der Waals surface area (Å²) in [6.07, 6.45) is 5.11. The first-order valence-electron chi connectivity index (χ1n) is 13.7. The van der Waals surface area contributed by atoms with Crippen LogP contribution in [0.1, 0.15) is 89.8 Å². The van der Waals surface area contributed by atoms with Gasteiger partial charge in [0.1, 0.15) is 5.75 Å². The van der Waals surface area contributed by atoms with Gasteiger partial charge in [-0.2, -0.15) is 0 Å². The Morgan fingerprint density at radius 2 is 1.89 bits per heavy atom. The fourth-order valence-corrected chi connectivity index (χ4v) is 7.65. The molecular weight excluding hydrogens is 468 g/mol. The number of hydrogen-bond donors (Lipinski definition) is 1. The summed E-state index contributed by atoms with van der Waals surface area (Å²) in [5.74, 6) is 0.635. The molecule has 0 radical (unpaired) electrons. The number of aryl methyl sites for hydroxylation is 2. The van der Waals surface area contributed by atoms with E-state index in [9.17, 15) is 14.7 Å². The maximum absolute atomic E-state index is 13.5. The van der Waals surface area contributed by atoms with Gasteiger partial charge in [0.05, 0.1) is 6.61 Å². The molecule has 4 unspecified atom stereocenters. The van der Waals surface area contributed by atoms with Crippen molar-refractivity contribution in [3.8, 4) is 5.75 Å². The molecule has 198 valence electrons. The van der Waals surface area contributed by atoms with Gasteiger partial charge >= 0.3 is 5.97 Å². The zero-order valence-corrected chi connectivity index (χ0v) is 24.4. The first kappa shape index (κ1) is 27.0. The van der Waals surface area contributed by atoms with Crippen LogP contribution in [0.25, 0.3) is 0 Å². The van der Waals surface area contributed by atoms with E-state index >= 15 is 0 Å². The molecule has 0 bridgehead atoms. The molecule has 4 atom stereocenters. The molecule has 0 amide bonds. The zero-order chi connectivity index (χ0) is 26.6. The van der Waals surface area contributed by atoms with E-state index in [0.29, 0.717) is 18.3 Å². The smallest absolute Gasteiger partial charge is 0.373 e. The third-order valence-electron chi connectivity index (χ3n) is 9.82. The number of Topliss-reactive ketones (excluding diaryl/α,β-unsaturated/α-hetero) is 1. The van der Waals surface area contributed by atoms with Gasteiger partial charge in [-0.25, -0.2) is 4.79 Å². The van der Waals surface area contributed by atoms with E-state index < -0.39 is 25.5 Å². The third-order valence-corrected chi connectivity index (χ3v) is 14.2. The second kappa shape index (κ2) is 9.34. The van der Waals surface area contributed by atoms with Crippen molar-refractivity contribution >= 4 is 20.1 Å². The van der Waals surface area contributed by atoms with E-state index in [4.69, 9.17) is 9.16 Å². The maximum Gasteiger partial charge on any atom is 0.373 e. The Hall–Kier alpha value is -2.08. The highest BCUT2D eigenvalue weighted by molar-refractivity contribution is 6.74. The molecular formula is C30H44O5Si. The second-order valence-corrected chi connectivity index (χ2v) is 17.6. The van der Waals surface area contributed by atoms with E-state index in [2.05, 4.69) is 52.9 Å². The number of aliphatic hydroxyl groups excluding tert-OH is 1. The number of carbonyl (C=O) groups is 2. The average molecular weight is 513 g/mol. The Kier molecular flexibility index (Phi) is 7.00. The van der Waals surface area contributed by atoms with Gasteiger partial charge in [0, 0.05) is 11.0 Å². The lowest BCUT2D eigenvalue weighted by Gasteiger charge is -2.48. The number of hydrogen-bond acceptors (Lipinski definition) is 5. The lowest BCUT2D eigenvalue weighted by Crippen LogP contribution is -2.44. The lowest BCUT2D eigenvalue weighted by atomic mass is 9.55. The molecule has 3 aliphatic rings. The zero-order valence-electron chi connectivity index (χ0n) is 23.4. The number of fused-ring (bicyclic) bond motifs is 5. The molecule has 0 saturated heterocycles. The van der Waals surface area contributed by atoms with Crippen LogP contribution in [0.3, 0.4) is 0 Å². The number of rotatable bonds is 5. The quantitative estimate of drug-likeness (QED) is 0.198. The summed E-state index contributed by atoms with van der Waals surface area (Å²) >= 11 is 0. The van der Waals surface area contributed by atoms with Crippen LogP contribution >= 0.6 is 0 Å². The van der Waals surface area contributed by atoms with Crippen molar-refractivity contribution in [1.82, 2.24) is 0 Å². The molecule has 36 heavy (non-hydrogen) atoms. The molecule has 6 heteroatoms. The van der Waals surface area contributed by atoms with Crippen LogP contribution in [0.2, 0.25) is 18.1 Å². The summed E-state index contributed by atoms with van der Waals surface area (Å²) in [4.78, 5) is 25.7. The van der Waals surface area contributed by atoms with Crippen molar-refractivity contribution in [2.45, 2.75) is 104 Å². The molecule has 1 N–H and O–H groups in total. The molecule has 3 aliphatic carbocycles. The van der Waals surface area contributed by atoms with Gasteiger partial charge in [-0.15, -0.1) is 0 Å². The average Bonchev–Trinajstić information content (AvgIpc) is 3.08. The van der Waals surface area contributed by atoms with Crippen molar-refractivity contribution in [3.63, 3.8) is 0 Å². The summed E-state index contributed by atoms with van der Waals surface area (Å²) in [5, 5.41) is 10.7. The van der Waals surface area contributed by atoms with Crippen LogP contribution < -0.4 is 4.43 Å². The largest absolute Gasteiger partial charge is 0.543 e. The van der Waals surface area contributed by atoms with Crippen LogP contribution in [0.4, 0.5) is 0 Å². The van der Waals surface area contributed by atoms with Gasteiger partial charge in [-0.3, -0.25) is 4.79 Å². The van der Waals surface area contributed by atoms with E-state index in [1.54, 1.807) is 6.92 Å². The van der Waals surface area contributed by atoms with E-state index in [1.807, 2.05) is 6.92 Å². The minimum atomic E-state index is -1.95. The number of benzene rings is 1. The number of ether oxygens (including phenoxy) is 1. The summed E-state index contributed by atoms with van der Waals surface area (Å²) < 4.78 is 11.8. The third kappa shape index (κ3) is 4.33. The van der Waals surface area contributed by atoms with Crippen LogP contribution in [0.5, 0.6) is 5.75 Å². The van der Waals surface area contributed by atoms with Crippen LogP contribution in [0.15, 0.2) is 23.5 Å². The molecule has 0 aliphatic heterocycles. The predicted octanol–water partition coefficient (Wildman–Crippen LogP) is 7.04. The fourth-order valence-electron chi connectivity index (χ4n) is 6.61. The molecule has 4 rings (SSSR count). The second-order valence-electron chi connectivity index (χ2n) is 12.8. The normalized spacial score (nSPS) is 29.2. The Morgan fingerprint density at radius 3 is 2.50 bits per heavy atom. The van der Waals surface area contributed by atoms with Crippen molar-refractivity contribution in [2.75, 3.05) is 6.61 Å². The number of aliphatic hydroxyl groups is 1. The minimum Gasteiger partial charge on any atom is -0.543 e. The number of carbonyl (C=O) groups excluding carboxylic acids is 2. The topological polar surface area (TPSA) is 72.8 Å². The van der Waals surface area contributed by atoms with E-state index in [1.165, 1.54) is 16.7 Å². The van der Waals surface area contributed by atoms with E-state index in [0.717, 1.165) is 37.9 Å². The monoisotopic (exact) mass is 512 g/mol. The van der Waals surface area contributed by atoms with Crippen molar-refractivity contribution < 1.29 is 23.9 Å². The standard InChI is InChI=1S/C30H44O5Si/c1-9-18-15-22-19(16-25(18)35-36(7,8)29(3,4)5)11-12-21-20(22)13-14-30(6)24(21)17-23(27(30)32)26(31)28(33)34-10-2/h15-16,20-21,24,31H,9-14,17H2,1-8H3. The van der Waals surface area contributed by atoms with Gasteiger partial charge < -0.3 is 14.3 Å². The van der Waals surface area contributed by atoms with Crippen LogP contribution in [-0.4, -0.2) is 31.8 Å². The summed E-state index contributed by atoms with van der Waals surface area (Å²) in [7, 11) is -1.95. The summed E-state index contributed by atoms with van der Waals surface area (Å²) in [6, 6.07) is 4.71. The molecule has 1 aromatic carbocycles. The summed E-state index contributed by atoms with van der Waals surface area (Å²) in [6.45, 7) is 17.6. The molecule has 1 aromatic rings. The SMILES string of the molecule is CCOC(=O)C(O)=C1CC2C3CCc4cc(O[Si](C)(C)C(C)(C)C)c(CC)cc4C3CCC2(C)C1=O.